The Labute approximate surface area is 133 Å². The second kappa shape index (κ2) is 11.1. The molecule has 0 saturated carbocycles. The lowest BCUT2D eigenvalue weighted by molar-refractivity contribution is -0.123. The van der Waals surface area contributed by atoms with Crippen molar-refractivity contribution in [3.05, 3.63) is 0 Å². The molecule has 1 unspecified atom stereocenters. The Morgan fingerprint density at radius 2 is 1.48 bits per heavy atom. The maximum absolute atomic E-state index is 12.1. The fourth-order valence-corrected chi connectivity index (χ4v) is 2.94. The summed E-state index contributed by atoms with van der Waals surface area (Å²) >= 11 is 0. The van der Waals surface area contributed by atoms with Crippen molar-refractivity contribution >= 4 is 5.91 Å². The monoisotopic (exact) mass is 297 g/mol. The third-order valence-electron chi connectivity index (χ3n) is 4.47. The van der Waals surface area contributed by atoms with E-state index in [1.807, 2.05) is 0 Å². The van der Waals surface area contributed by atoms with Crippen molar-refractivity contribution in [2.24, 2.45) is 11.3 Å². The Bertz CT molecular complexity index is 267. The first-order valence-corrected chi connectivity index (χ1v) is 9.12. The second-order valence-electron chi connectivity index (χ2n) is 7.67. The van der Waals surface area contributed by atoms with Crippen LogP contribution >= 0.6 is 0 Å². The first-order chi connectivity index (χ1) is 9.82. The lowest BCUT2D eigenvalue weighted by atomic mass is 9.78. The van der Waals surface area contributed by atoms with E-state index in [0.717, 1.165) is 12.8 Å². The van der Waals surface area contributed by atoms with Crippen LogP contribution in [-0.2, 0) is 4.79 Å². The molecule has 0 aromatic heterocycles. The van der Waals surface area contributed by atoms with E-state index in [9.17, 15) is 4.79 Å². The van der Waals surface area contributed by atoms with Crippen LogP contribution in [0.5, 0.6) is 0 Å². The smallest absolute Gasteiger partial charge is 0.220 e. The van der Waals surface area contributed by atoms with Crippen molar-refractivity contribution in [2.75, 3.05) is 0 Å². The number of unbranched alkanes of at least 4 members (excludes halogenated alkanes) is 6. The third kappa shape index (κ3) is 9.92. The van der Waals surface area contributed by atoms with Gasteiger partial charge < -0.3 is 5.32 Å². The molecule has 21 heavy (non-hydrogen) atoms. The lowest BCUT2D eigenvalue weighted by Gasteiger charge is -2.36. The Morgan fingerprint density at radius 1 is 0.952 bits per heavy atom. The minimum absolute atomic E-state index is 0.130. The van der Waals surface area contributed by atoms with Gasteiger partial charge in [0.15, 0.2) is 0 Å². The summed E-state index contributed by atoms with van der Waals surface area (Å²) in [5.74, 6) is 0.770. The highest BCUT2D eigenvalue weighted by atomic mass is 16.1. The molecule has 0 aromatic carbocycles. The zero-order valence-corrected chi connectivity index (χ0v) is 15.4. The molecule has 0 heterocycles. The molecule has 0 aliphatic heterocycles. The van der Waals surface area contributed by atoms with Gasteiger partial charge in [0.25, 0.3) is 0 Å². The molecule has 126 valence electrons. The average Bonchev–Trinajstić information content (AvgIpc) is 2.41. The third-order valence-corrected chi connectivity index (χ3v) is 4.47. The minimum atomic E-state index is 0.130. The van der Waals surface area contributed by atoms with E-state index in [2.05, 4.69) is 46.9 Å². The van der Waals surface area contributed by atoms with E-state index >= 15 is 0 Å². The normalized spacial score (nSPS) is 14.8. The Kier molecular flexibility index (Phi) is 10.8. The summed E-state index contributed by atoms with van der Waals surface area (Å²) in [6, 6.07) is 0.277. The molecule has 0 fully saturated rings. The van der Waals surface area contributed by atoms with Crippen LogP contribution in [0.1, 0.15) is 99.3 Å². The van der Waals surface area contributed by atoms with E-state index in [1.54, 1.807) is 0 Å². The number of hydrogen-bond donors (Lipinski definition) is 1. The SMILES string of the molecule is CCCCCCCCCC(=O)N[C@@H](C(C)CC)C(C)(C)C. The Morgan fingerprint density at radius 3 is 1.95 bits per heavy atom. The van der Waals surface area contributed by atoms with Crippen LogP contribution in [-0.4, -0.2) is 11.9 Å². The predicted octanol–water partition coefficient (Wildman–Crippen LogP) is 5.70. The predicted molar refractivity (Wildman–Crippen MR) is 93.5 cm³/mol. The van der Waals surface area contributed by atoms with Crippen molar-refractivity contribution in [2.45, 2.75) is 105 Å². The summed E-state index contributed by atoms with van der Waals surface area (Å²) in [6.07, 6.45) is 10.6. The van der Waals surface area contributed by atoms with Crippen molar-refractivity contribution in [1.29, 1.82) is 0 Å². The molecule has 1 N–H and O–H groups in total. The molecule has 0 spiro atoms. The first-order valence-electron chi connectivity index (χ1n) is 9.12. The maximum atomic E-state index is 12.1. The Hall–Kier alpha value is -0.530. The lowest BCUT2D eigenvalue weighted by Crippen LogP contribution is -2.47. The molecule has 0 rings (SSSR count). The molecule has 0 aromatic rings. The summed E-state index contributed by atoms with van der Waals surface area (Å²) in [5.41, 5.74) is 0.130. The van der Waals surface area contributed by atoms with Gasteiger partial charge >= 0.3 is 0 Å². The van der Waals surface area contributed by atoms with E-state index < -0.39 is 0 Å². The molecular weight excluding hydrogens is 258 g/mol. The van der Waals surface area contributed by atoms with Gasteiger partial charge in [-0.25, -0.2) is 0 Å². The molecule has 0 bridgehead atoms. The van der Waals surface area contributed by atoms with Crippen molar-refractivity contribution in [3.63, 3.8) is 0 Å². The van der Waals surface area contributed by atoms with Gasteiger partial charge in [-0.15, -0.1) is 0 Å². The van der Waals surface area contributed by atoms with Gasteiger partial charge in [-0.2, -0.15) is 0 Å². The minimum Gasteiger partial charge on any atom is -0.353 e. The molecule has 2 atom stereocenters. The van der Waals surface area contributed by atoms with Gasteiger partial charge in [-0.3, -0.25) is 4.79 Å². The van der Waals surface area contributed by atoms with Crippen LogP contribution in [0.25, 0.3) is 0 Å². The maximum Gasteiger partial charge on any atom is 0.220 e. The van der Waals surface area contributed by atoms with Gasteiger partial charge in [0, 0.05) is 12.5 Å². The van der Waals surface area contributed by atoms with Crippen LogP contribution in [0.2, 0.25) is 0 Å². The number of carbonyl (C=O) groups excluding carboxylic acids is 1. The molecule has 1 amide bonds. The molecule has 0 aliphatic rings. The largest absolute Gasteiger partial charge is 0.353 e. The van der Waals surface area contributed by atoms with E-state index in [4.69, 9.17) is 0 Å². The van der Waals surface area contributed by atoms with Crippen LogP contribution in [0, 0.1) is 11.3 Å². The molecule has 0 aliphatic carbocycles. The van der Waals surface area contributed by atoms with Crippen molar-refractivity contribution < 1.29 is 4.79 Å². The van der Waals surface area contributed by atoms with Crippen molar-refractivity contribution in [1.82, 2.24) is 5.32 Å². The van der Waals surface area contributed by atoms with E-state index in [0.29, 0.717) is 12.3 Å². The van der Waals surface area contributed by atoms with E-state index in [1.165, 1.54) is 38.5 Å². The summed E-state index contributed by atoms with van der Waals surface area (Å²) in [7, 11) is 0. The topological polar surface area (TPSA) is 29.1 Å². The van der Waals surface area contributed by atoms with Gasteiger partial charge in [-0.1, -0.05) is 86.5 Å². The van der Waals surface area contributed by atoms with E-state index in [-0.39, 0.29) is 17.4 Å². The summed E-state index contributed by atoms with van der Waals surface area (Å²) in [5, 5.41) is 3.28. The fourth-order valence-electron chi connectivity index (χ4n) is 2.94. The highest BCUT2D eigenvalue weighted by Gasteiger charge is 2.29. The zero-order valence-electron chi connectivity index (χ0n) is 15.4. The van der Waals surface area contributed by atoms with Crippen molar-refractivity contribution in [3.8, 4) is 0 Å². The van der Waals surface area contributed by atoms with Crippen LogP contribution in [0.15, 0.2) is 0 Å². The second-order valence-corrected chi connectivity index (χ2v) is 7.67. The Balaban J connectivity index is 3.94. The quantitative estimate of drug-likeness (QED) is 0.487. The fraction of sp³-hybridized carbons (Fsp3) is 0.947. The number of rotatable bonds is 11. The summed E-state index contributed by atoms with van der Waals surface area (Å²) < 4.78 is 0. The number of amides is 1. The number of hydrogen-bond acceptors (Lipinski definition) is 1. The molecule has 2 nitrogen and oxygen atoms in total. The van der Waals surface area contributed by atoms with Crippen LogP contribution in [0.3, 0.4) is 0 Å². The highest BCUT2D eigenvalue weighted by molar-refractivity contribution is 5.76. The zero-order chi connectivity index (χ0) is 16.3. The highest BCUT2D eigenvalue weighted by Crippen LogP contribution is 2.27. The van der Waals surface area contributed by atoms with Gasteiger partial charge in [-0.05, 0) is 17.8 Å². The van der Waals surface area contributed by atoms with Crippen LogP contribution < -0.4 is 5.32 Å². The average molecular weight is 298 g/mol. The molecular formula is C19H39NO. The number of nitrogens with one attached hydrogen (secondary N) is 1. The van der Waals surface area contributed by atoms with Gasteiger partial charge in [0.1, 0.15) is 0 Å². The summed E-state index contributed by atoms with van der Waals surface area (Å²) in [4.78, 5) is 12.1. The molecule has 2 heteroatoms. The van der Waals surface area contributed by atoms with Crippen LogP contribution in [0.4, 0.5) is 0 Å². The van der Waals surface area contributed by atoms with Gasteiger partial charge in [0.05, 0.1) is 0 Å². The summed E-state index contributed by atoms with van der Waals surface area (Å²) in [6.45, 7) is 13.3. The number of carbonyl (C=O) groups is 1. The molecule has 0 saturated heterocycles. The first kappa shape index (κ1) is 20.5. The molecule has 0 radical (unpaired) electrons. The standard InChI is InChI=1S/C19H39NO/c1-7-9-10-11-12-13-14-15-17(21)20-18(16(3)8-2)19(4,5)6/h16,18H,7-15H2,1-6H3,(H,20,21)/t16?,18-/m0/s1. The van der Waals surface area contributed by atoms with Gasteiger partial charge in [0.2, 0.25) is 5.91 Å².